The minimum absolute atomic E-state index is 0.0989. The molecular weight excluding hydrogens is 344 g/mol. The Bertz CT molecular complexity index is 819. The van der Waals surface area contributed by atoms with Crippen LogP contribution in [-0.2, 0) is 4.74 Å². The van der Waals surface area contributed by atoms with E-state index in [1.165, 1.54) is 16.7 Å². The van der Waals surface area contributed by atoms with Gasteiger partial charge in [-0.1, -0.05) is 5.11 Å². The summed E-state index contributed by atoms with van der Waals surface area (Å²) in [7, 11) is 3.36. The van der Waals surface area contributed by atoms with E-state index in [-0.39, 0.29) is 12.0 Å². The third kappa shape index (κ3) is 3.40. The van der Waals surface area contributed by atoms with Crippen LogP contribution in [0.4, 0.5) is 0 Å². The topological polar surface area (TPSA) is 88.8 Å². The largest absolute Gasteiger partial charge is 0.497 e. The molecule has 2 unspecified atom stereocenters. The summed E-state index contributed by atoms with van der Waals surface area (Å²) in [6.45, 7) is 1.83. The van der Waals surface area contributed by atoms with E-state index < -0.39 is 0 Å². The van der Waals surface area contributed by atoms with Crippen LogP contribution in [-0.4, -0.2) is 45.7 Å². The van der Waals surface area contributed by atoms with Gasteiger partial charge in [0, 0.05) is 22.6 Å². The fraction of sp³-hybridized carbons (Fsp3) is 0.550. The van der Waals surface area contributed by atoms with Crippen molar-refractivity contribution in [3.05, 3.63) is 45.4 Å². The van der Waals surface area contributed by atoms with Crippen LogP contribution in [0.25, 0.3) is 10.4 Å². The van der Waals surface area contributed by atoms with E-state index in [9.17, 15) is 0 Å². The molecule has 0 amide bonds. The standard InChI is InChI=1S/C20H24N4O3/c1-25-15-6-13(7-16(8-15)26-2)12-3-4-17-14(5-12)9-22-20(17)18-10-27-11-19(18)23-24-21/h6-8,12,18-19H,3-5,9-11H2,1-2H3/t12-,18?,19?/m0/s1. The van der Waals surface area contributed by atoms with E-state index in [1.54, 1.807) is 14.2 Å². The van der Waals surface area contributed by atoms with Crippen molar-refractivity contribution in [1.82, 2.24) is 0 Å². The highest BCUT2D eigenvalue weighted by atomic mass is 16.5. The number of ether oxygens (including phenoxy) is 3. The number of benzene rings is 1. The number of rotatable bonds is 5. The maximum Gasteiger partial charge on any atom is 0.122 e. The van der Waals surface area contributed by atoms with Crippen LogP contribution in [0, 0.1) is 5.92 Å². The number of hydrogen-bond acceptors (Lipinski definition) is 5. The molecule has 0 spiro atoms. The summed E-state index contributed by atoms with van der Waals surface area (Å²) in [6.07, 6.45) is 3.06. The molecule has 1 saturated heterocycles. The van der Waals surface area contributed by atoms with Gasteiger partial charge in [-0.3, -0.25) is 4.99 Å². The SMILES string of the molecule is COc1cc(OC)cc([C@H]2CCC3=C(CN=C3C3COCC3N=[N+]=[N-])C2)c1. The van der Waals surface area contributed by atoms with Gasteiger partial charge in [-0.25, -0.2) is 0 Å². The second kappa shape index (κ2) is 7.62. The first kappa shape index (κ1) is 17.9. The quantitative estimate of drug-likeness (QED) is 0.446. The van der Waals surface area contributed by atoms with E-state index in [4.69, 9.17) is 24.7 Å². The Morgan fingerprint density at radius 1 is 1.19 bits per heavy atom. The molecule has 3 aliphatic rings. The third-order valence-corrected chi connectivity index (χ3v) is 5.86. The van der Waals surface area contributed by atoms with Gasteiger partial charge in [0.15, 0.2) is 0 Å². The lowest BCUT2D eigenvalue weighted by Gasteiger charge is -2.27. The van der Waals surface area contributed by atoms with Crippen molar-refractivity contribution in [1.29, 1.82) is 0 Å². The zero-order valence-electron chi connectivity index (χ0n) is 15.7. The summed E-state index contributed by atoms with van der Waals surface area (Å²) in [6, 6.07) is 5.99. The fourth-order valence-electron chi connectivity index (χ4n) is 4.44. The minimum atomic E-state index is -0.138. The summed E-state index contributed by atoms with van der Waals surface area (Å²) >= 11 is 0. The highest BCUT2D eigenvalue weighted by Crippen LogP contribution is 2.42. The highest BCUT2D eigenvalue weighted by molar-refractivity contribution is 6.05. The molecule has 0 saturated carbocycles. The summed E-state index contributed by atoms with van der Waals surface area (Å²) in [4.78, 5) is 7.80. The number of nitrogens with zero attached hydrogens (tertiary/aromatic N) is 4. The van der Waals surface area contributed by atoms with Crippen molar-refractivity contribution in [3.8, 4) is 11.5 Å². The van der Waals surface area contributed by atoms with Crippen LogP contribution in [0.2, 0.25) is 0 Å². The van der Waals surface area contributed by atoms with E-state index in [0.29, 0.717) is 19.1 Å². The van der Waals surface area contributed by atoms with Crippen LogP contribution in [0.5, 0.6) is 11.5 Å². The van der Waals surface area contributed by atoms with Crippen molar-refractivity contribution < 1.29 is 14.2 Å². The Morgan fingerprint density at radius 2 is 1.96 bits per heavy atom. The molecule has 0 bridgehead atoms. The Morgan fingerprint density at radius 3 is 2.67 bits per heavy atom. The maximum absolute atomic E-state index is 8.80. The minimum Gasteiger partial charge on any atom is -0.497 e. The van der Waals surface area contributed by atoms with E-state index in [1.807, 2.05) is 6.07 Å². The molecule has 3 atom stereocenters. The molecule has 0 radical (unpaired) electrons. The zero-order valence-corrected chi connectivity index (χ0v) is 15.7. The number of aliphatic imine (C=N–C) groups is 1. The lowest BCUT2D eigenvalue weighted by atomic mass is 9.77. The molecule has 1 aliphatic carbocycles. The maximum atomic E-state index is 8.80. The molecule has 142 valence electrons. The van der Waals surface area contributed by atoms with Gasteiger partial charge < -0.3 is 14.2 Å². The number of methoxy groups -OCH3 is 2. The van der Waals surface area contributed by atoms with Crippen molar-refractivity contribution in [3.63, 3.8) is 0 Å². The number of allylic oxidation sites excluding steroid dienone is 1. The molecule has 0 N–H and O–H groups in total. The molecule has 1 fully saturated rings. The van der Waals surface area contributed by atoms with Crippen LogP contribution in [0.1, 0.15) is 30.7 Å². The van der Waals surface area contributed by atoms with Crippen LogP contribution in [0.3, 0.4) is 0 Å². The third-order valence-electron chi connectivity index (χ3n) is 5.86. The van der Waals surface area contributed by atoms with Gasteiger partial charge in [0.1, 0.15) is 11.5 Å². The summed E-state index contributed by atoms with van der Waals surface area (Å²) in [5.41, 5.74) is 13.9. The second-order valence-electron chi connectivity index (χ2n) is 7.29. The van der Waals surface area contributed by atoms with Gasteiger partial charge >= 0.3 is 0 Å². The first-order chi connectivity index (χ1) is 13.2. The molecule has 27 heavy (non-hydrogen) atoms. The van der Waals surface area contributed by atoms with Crippen LogP contribution < -0.4 is 9.47 Å². The summed E-state index contributed by atoms with van der Waals surface area (Å²) in [5, 5.41) is 3.91. The Hall–Kier alpha value is -2.50. The van der Waals surface area contributed by atoms with Gasteiger partial charge in [-0.15, -0.1) is 0 Å². The van der Waals surface area contributed by atoms with Gasteiger partial charge in [0.2, 0.25) is 0 Å². The number of azide groups is 1. The molecule has 0 aromatic heterocycles. The highest BCUT2D eigenvalue weighted by Gasteiger charge is 2.37. The predicted molar refractivity (Wildman–Crippen MR) is 103 cm³/mol. The zero-order chi connectivity index (χ0) is 18.8. The van der Waals surface area contributed by atoms with Gasteiger partial charge in [0.05, 0.1) is 40.0 Å². The van der Waals surface area contributed by atoms with E-state index in [2.05, 4.69) is 22.2 Å². The van der Waals surface area contributed by atoms with Gasteiger partial charge in [-0.2, -0.15) is 0 Å². The van der Waals surface area contributed by atoms with Crippen molar-refractivity contribution >= 4 is 5.71 Å². The molecule has 2 aliphatic heterocycles. The predicted octanol–water partition coefficient (Wildman–Crippen LogP) is 4.05. The first-order valence-corrected chi connectivity index (χ1v) is 9.34. The molecule has 1 aromatic carbocycles. The van der Waals surface area contributed by atoms with Gasteiger partial charge in [-0.05, 0) is 59.6 Å². The van der Waals surface area contributed by atoms with Crippen molar-refractivity contribution in [2.75, 3.05) is 34.0 Å². The molecule has 4 rings (SSSR count). The Balaban J connectivity index is 1.54. The lowest BCUT2D eigenvalue weighted by Crippen LogP contribution is -2.26. The van der Waals surface area contributed by atoms with Crippen LogP contribution >= 0.6 is 0 Å². The molecule has 7 heteroatoms. The van der Waals surface area contributed by atoms with Crippen molar-refractivity contribution in [2.24, 2.45) is 16.0 Å². The molecule has 1 aromatic rings. The number of hydrogen-bond donors (Lipinski definition) is 0. The van der Waals surface area contributed by atoms with E-state index in [0.717, 1.165) is 43.0 Å². The van der Waals surface area contributed by atoms with Gasteiger partial charge in [0.25, 0.3) is 0 Å². The van der Waals surface area contributed by atoms with Crippen molar-refractivity contribution in [2.45, 2.75) is 31.2 Å². The van der Waals surface area contributed by atoms with Crippen LogP contribution in [0.15, 0.2) is 39.5 Å². The smallest absolute Gasteiger partial charge is 0.122 e. The van der Waals surface area contributed by atoms with E-state index >= 15 is 0 Å². The first-order valence-electron chi connectivity index (χ1n) is 9.34. The second-order valence-corrected chi connectivity index (χ2v) is 7.29. The monoisotopic (exact) mass is 368 g/mol. The Labute approximate surface area is 158 Å². The Kier molecular flexibility index (Phi) is 5.05. The molecule has 7 nitrogen and oxygen atoms in total. The fourth-order valence-corrected chi connectivity index (χ4v) is 4.44. The average Bonchev–Trinajstić information content (AvgIpc) is 3.33. The summed E-state index contributed by atoms with van der Waals surface area (Å²) in [5.74, 6) is 2.19. The average molecular weight is 368 g/mol. The summed E-state index contributed by atoms with van der Waals surface area (Å²) < 4.78 is 16.4. The lowest BCUT2D eigenvalue weighted by molar-refractivity contribution is 0.190. The molecular formula is C20H24N4O3. The molecule has 2 heterocycles. The normalized spacial score (nSPS) is 27.0.